The molecule has 1 nitrogen and oxygen atoms in total. The van der Waals surface area contributed by atoms with Crippen molar-refractivity contribution in [2.24, 2.45) is 0 Å². The summed E-state index contributed by atoms with van der Waals surface area (Å²) in [5, 5.41) is 0. The normalized spacial score (nSPS) is 12.8. The second-order valence-electron chi connectivity index (χ2n) is 4.29. The van der Waals surface area contributed by atoms with Gasteiger partial charge in [0.1, 0.15) is 5.82 Å². The standard InChI is InChI=1S/C16H16FN/c1-13(14-8-10-15(17)11-9-14)5-4-7-16-6-2-3-12-18-16/h2-6,8-13H,7H2,1H3/b5-4+. The van der Waals surface area contributed by atoms with Crippen LogP contribution < -0.4 is 0 Å². The minimum Gasteiger partial charge on any atom is -0.261 e. The second-order valence-corrected chi connectivity index (χ2v) is 4.29. The quantitative estimate of drug-likeness (QED) is 0.734. The smallest absolute Gasteiger partial charge is 0.123 e. The van der Waals surface area contributed by atoms with Crippen LogP contribution in [0.15, 0.2) is 60.8 Å². The Morgan fingerprint density at radius 1 is 1.17 bits per heavy atom. The number of benzene rings is 1. The number of hydrogen-bond donors (Lipinski definition) is 0. The van der Waals surface area contributed by atoms with Crippen LogP contribution in [0.3, 0.4) is 0 Å². The van der Waals surface area contributed by atoms with Gasteiger partial charge in [-0.3, -0.25) is 4.98 Å². The minimum atomic E-state index is -0.191. The number of halogens is 1. The molecule has 2 aromatic rings. The van der Waals surface area contributed by atoms with E-state index in [4.69, 9.17) is 0 Å². The van der Waals surface area contributed by atoms with E-state index < -0.39 is 0 Å². The molecule has 0 fully saturated rings. The monoisotopic (exact) mass is 241 g/mol. The van der Waals surface area contributed by atoms with E-state index in [0.29, 0.717) is 0 Å². The zero-order chi connectivity index (χ0) is 12.8. The number of hydrogen-bond acceptors (Lipinski definition) is 1. The Hall–Kier alpha value is -1.96. The van der Waals surface area contributed by atoms with Gasteiger partial charge in [0.15, 0.2) is 0 Å². The summed E-state index contributed by atoms with van der Waals surface area (Å²) in [6.07, 6.45) is 6.86. The third kappa shape index (κ3) is 3.52. The lowest BCUT2D eigenvalue weighted by Gasteiger charge is -2.06. The molecule has 0 saturated carbocycles. The lowest BCUT2D eigenvalue weighted by atomic mass is 10.0. The van der Waals surface area contributed by atoms with Gasteiger partial charge in [0.05, 0.1) is 0 Å². The Morgan fingerprint density at radius 2 is 1.94 bits per heavy atom. The molecule has 2 heteroatoms. The van der Waals surface area contributed by atoms with Gasteiger partial charge in [-0.05, 0) is 35.7 Å². The molecule has 0 spiro atoms. The molecule has 0 aliphatic rings. The predicted molar refractivity (Wildman–Crippen MR) is 71.9 cm³/mol. The highest BCUT2D eigenvalue weighted by atomic mass is 19.1. The summed E-state index contributed by atoms with van der Waals surface area (Å²) in [4.78, 5) is 4.26. The summed E-state index contributed by atoms with van der Waals surface area (Å²) in [6, 6.07) is 12.5. The van der Waals surface area contributed by atoms with Gasteiger partial charge in [0, 0.05) is 18.3 Å². The van der Waals surface area contributed by atoms with Crippen LogP contribution in [-0.4, -0.2) is 4.98 Å². The summed E-state index contributed by atoms with van der Waals surface area (Å²) in [7, 11) is 0. The molecule has 0 radical (unpaired) electrons. The van der Waals surface area contributed by atoms with Gasteiger partial charge in [-0.1, -0.05) is 37.3 Å². The van der Waals surface area contributed by atoms with E-state index in [1.165, 1.54) is 12.1 Å². The lowest BCUT2D eigenvalue weighted by Crippen LogP contribution is -1.90. The maximum absolute atomic E-state index is 12.8. The fourth-order valence-electron chi connectivity index (χ4n) is 1.79. The zero-order valence-corrected chi connectivity index (χ0v) is 10.4. The Labute approximate surface area is 107 Å². The van der Waals surface area contributed by atoms with E-state index in [1.807, 2.05) is 30.3 Å². The van der Waals surface area contributed by atoms with Crippen molar-refractivity contribution < 1.29 is 4.39 Å². The largest absolute Gasteiger partial charge is 0.261 e. The van der Waals surface area contributed by atoms with Gasteiger partial charge in [-0.25, -0.2) is 4.39 Å². The van der Waals surface area contributed by atoms with Crippen molar-refractivity contribution in [2.45, 2.75) is 19.3 Å². The third-order valence-electron chi connectivity index (χ3n) is 2.87. The van der Waals surface area contributed by atoms with E-state index in [-0.39, 0.29) is 11.7 Å². The fourth-order valence-corrected chi connectivity index (χ4v) is 1.79. The molecule has 0 aliphatic carbocycles. The Bertz CT molecular complexity index is 502. The van der Waals surface area contributed by atoms with Crippen molar-refractivity contribution in [3.63, 3.8) is 0 Å². The molecule has 1 heterocycles. The summed E-state index contributed by atoms with van der Waals surface area (Å²) >= 11 is 0. The van der Waals surface area contributed by atoms with E-state index in [9.17, 15) is 4.39 Å². The predicted octanol–water partition coefficient (Wildman–Crippen LogP) is 4.12. The lowest BCUT2D eigenvalue weighted by molar-refractivity contribution is 0.626. The number of pyridine rings is 1. The zero-order valence-electron chi connectivity index (χ0n) is 10.4. The molecule has 2 rings (SSSR count). The Morgan fingerprint density at radius 3 is 2.61 bits per heavy atom. The molecule has 0 saturated heterocycles. The molecule has 1 atom stereocenters. The van der Waals surface area contributed by atoms with Gasteiger partial charge >= 0.3 is 0 Å². The number of aromatic nitrogens is 1. The molecule has 92 valence electrons. The molecule has 0 amide bonds. The van der Waals surface area contributed by atoms with Crippen molar-refractivity contribution in [2.75, 3.05) is 0 Å². The highest BCUT2D eigenvalue weighted by molar-refractivity contribution is 5.24. The van der Waals surface area contributed by atoms with E-state index in [2.05, 4.69) is 24.1 Å². The SMILES string of the molecule is CC(/C=C/Cc1ccccn1)c1ccc(F)cc1. The van der Waals surface area contributed by atoms with Crippen molar-refractivity contribution in [3.05, 3.63) is 77.9 Å². The topological polar surface area (TPSA) is 12.9 Å². The van der Waals surface area contributed by atoms with Crippen molar-refractivity contribution >= 4 is 0 Å². The van der Waals surface area contributed by atoms with E-state index in [1.54, 1.807) is 6.20 Å². The van der Waals surface area contributed by atoms with Gasteiger partial charge in [-0.2, -0.15) is 0 Å². The van der Waals surface area contributed by atoms with E-state index in [0.717, 1.165) is 17.7 Å². The maximum atomic E-state index is 12.8. The van der Waals surface area contributed by atoms with Crippen LogP contribution in [-0.2, 0) is 6.42 Å². The summed E-state index contributed by atoms with van der Waals surface area (Å²) in [6.45, 7) is 2.10. The summed E-state index contributed by atoms with van der Waals surface area (Å²) in [5.41, 5.74) is 2.17. The highest BCUT2D eigenvalue weighted by Crippen LogP contribution is 2.17. The second kappa shape index (κ2) is 6.10. The molecule has 1 aromatic heterocycles. The number of nitrogens with zero attached hydrogens (tertiary/aromatic N) is 1. The maximum Gasteiger partial charge on any atom is 0.123 e. The number of rotatable bonds is 4. The van der Waals surface area contributed by atoms with Gasteiger partial charge in [0.25, 0.3) is 0 Å². The molecule has 1 unspecified atom stereocenters. The first-order valence-electron chi connectivity index (χ1n) is 6.08. The van der Waals surface area contributed by atoms with Crippen molar-refractivity contribution in [1.29, 1.82) is 0 Å². The molecular formula is C16H16FN. The average molecular weight is 241 g/mol. The average Bonchev–Trinajstić information content (AvgIpc) is 2.40. The van der Waals surface area contributed by atoms with Crippen LogP contribution in [0, 0.1) is 5.82 Å². The van der Waals surface area contributed by atoms with Crippen LogP contribution in [0.4, 0.5) is 4.39 Å². The molecule has 1 aromatic carbocycles. The van der Waals surface area contributed by atoms with Crippen molar-refractivity contribution in [3.8, 4) is 0 Å². The summed E-state index contributed by atoms with van der Waals surface area (Å²) < 4.78 is 12.8. The molecule has 18 heavy (non-hydrogen) atoms. The molecule has 0 aliphatic heterocycles. The molecular weight excluding hydrogens is 225 g/mol. The van der Waals surface area contributed by atoms with Crippen LogP contribution in [0.1, 0.15) is 24.1 Å². The van der Waals surface area contributed by atoms with Crippen LogP contribution in [0.5, 0.6) is 0 Å². The highest BCUT2D eigenvalue weighted by Gasteiger charge is 2.00. The van der Waals surface area contributed by atoms with Crippen LogP contribution in [0.25, 0.3) is 0 Å². The minimum absolute atomic E-state index is 0.191. The molecule has 0 N–H and O–H groups in total. The Kier molecular flexibility index (Phi) is 4.24. The van der Waals surface area contributed by atoms with Crippen LogP contribution >= 0.6 is 0 Å². The van der Waals surface area contributed by atoms with Gasteiger partial charge in [-0.15, -0.1) is 0 Å². The van der Waals surface area contributed by atoms with Gasteiger partial charge in [0.2, 0.25) is 0 Å². The van der Waals surface area contributed by atoms with Crippen molar-refractivity contribution in [1.82, 2.24) is 4.98 Å². The first-order valence-corrected chi connectivity index (χ1v) is 6.08. The van der Waals surface area contributed by atoms with Crippen LogP contribution in [0.2, 0.25) is 0 Å². The first-order chi connectivity index (χ1) is 8.75. The first kappa shape index (κ1) is 12.5. The Balaban J connectivity index is 1.95. The number of allylic oxidation sites excluding steroid dienone is 2. The fraction of sp³-hybridized carbons (Fsp3) is 0.188. The van der Waals surface area contributed by atoms with E-state index >= 15 is 0 Å². The van der Waals surface area contributed by atoms with Gasteiger partial charge < -0.3 is 0 Å². The summed E-state index contributed by atoms with van der Waals surface area (Å²) in [5.74, 6) is 0.0951. The third-order valence-corrected chi connectivity index (χ3v) is 2.87. The molecule has 0 bridgehead atoms.